The number of carbonyl (C=O) groups excluding carboxylic acids is 3. The maximum absolute atomic E-state index is 13.8. The number of rotatable bonds is 4. The molecule has 2 aromatic rings. The number of aryl methyl sites for hydroxylation is 2. The predicted octanol–water partition coefficient (Wildman–Crippen LogP) is 2.98. The van der Waals surface area contributed by atoms with Crippen molar-refractivity contribution in [3.05, 3.63) is 59.2 Å². The van der Waals surface area contributed by atoms with Crippen LogP contribution in [0.1, 0.15) is 23.1 Å². The molecular weight excluding hydrogens is 410 g/mol. The molecule has 7 heteroatoms. The number of fused-ring (bicyclic) bond motifs is 4. The quantitative estimate of drug-likeness (QED) is 0.722. The minimum Gasteiger partial charge on any atom is -0.324 e. The van der Waals surface area contributed by atoms with E-state index in [1.807, 2.05) is 62.6 Å². The van der Waals surface area contributed by atoms with Crippen molar-refractivity contribution in [2.45, 2.75) is 31.8 Å². The van der Waals surface area contributed by atoms with E-state index in [2.05, 4.69) is 10.6 Å². The highest BCUT2D eigenvalue weighted by molar-refractivity contribution is 7.98. The molecule has 2 fully saturated rings. The van der Waals surface area contributed by atoms with Crippen molar-refractivity contribution < 1.29 is 14.4 Å². The molecular formula is C24H25N3O3S. The number of nitrogens with zero attached hydrogens (tertiary/aromatic N) is 1. The first kappa shape index (κ1) is 20.3. The van der Waals surface area contributed by atoms with Gasteiger partial charge in [0.1, 0.15) is 5.54 Å². The van der Waals surface area contributed by atoms with E-state index < -0.39 is 17.4 Å². The molecule has 1 spiro atoms. The molecule has 3 aliphatic rings. The molecule has 5 rings (SSSR count). The van der Waals surface area contributed by atoms with Crippen LogP contribution in [0.4, 0.5) is 11.4 Å². The minimum absolute atomic E-state index is 0.217. The fourth-order valence-electron chi connectivity index (χ4n) is 5.37. The second-order valence-corrected chi connectivity index (χ2v) is 9.61. The number of carbonyl (C=O) groups is 3. The number of thioether (sulfide) groups is 1. The van der Waals surface area contributed by atoms with Crippen molar-refractivity contribution in [1.29, 1.82) is 0 Å². The molecule has 3 amide bonds. The van der Waals surface area contributed by atoms with Crippen LogP contribution in [-0.2, 0) is 19.9 Å². The van der Waals surface area contributed by atoms with Crippen LogP contribution in [0.5, 0.6) is 0 Å². The summed E-state index contributed by atoms with van der Waals surface area (Å²) in [5.41, 5.74) is 2.94. The second kappa shape index (κ2) is 7.21. The van der Waals surface area contributed by atoms with Crippen molar-refractivity contribution in [3.63, 3.8) is 0 Å². The largest absolute Gasteiger partial charge is 0.324 e. The highest BCUT2D eigenvalue weighted by Gasteiger charge is 2.70. The Labute approximate surface area is 185 Å². The normalized spacial score (nSPS) is 28.9. The van der Waals surface area contributed by atoms with Gasteiger partial charge in [-0.2, -0.15) is 11.8 Å². The maximum atomic E-state index is 13.8. The number of nitrogens with one attached hydrogen (secondary N) is 2. The monoisotopic (exact) mass is 435 g/mol. The third kappa shape index (κ3) is 2.72. The van der Waals surface area contributed by atoms with E-state index in [-0.39, 0.29) is 23.8 Å². The van der Waals surface area contributed by atoms with E-state index in [9.17, 15) is 14.4 Å². The number of imide groups is 1. The molecule has 31 heavy (non-hydrogen) atoms. The summed E-state index contributed by atoms with van der Waals surface area (Å²) in [5.74, 6) is -1.27. The molecule has 0 bridgehead atoms. The highest BCUT2D eigenvalue weighted by Crippen LogP contribution is 2.54. The fraction of sp³-hybridized carbons (Fsp3) is 0.375. The van der Waals surface area contributed by atoms with Gasteiger partial charge in [0.15, 0.2) is 0 Å². The van der Waals surface area contributed by atoms with Crippen LogP contribution in [0.25, 0.3) is 0 Å². The third-order valence-corrected chi connectivity index (χ3v) is 7.65. The molecule has 0 aromatic heterocycles. The van der Waals surface area contributed by atoms with Crippen molar-refractivity contribution in [1.82, 2.24) is 5.32 Å². The number of benzene rings is 2. The van der Waals surface area contributed by atoms with Gasteiger partial charge in [0.05, 0.1) is 17.5 Å². The van der Waals surface area contributed by atoms with E-state index >= 15 is 0 Å². The van der Waals surface area contributed by atoms with Gasteiger partial charge in [0.2, 0.25) is 17.7 Å². The molecule has 0 aliphatic carbocycles. The first-order chi connectivity index (χ1) is 14.9. The third-order valence-electron chi connectivity index (χ3n) is 7.00. The van der Waals surface area contributed by atoms with Crippen molar-refractivity contribution in [3.8, 4) is 0 Å². The van der Waals surface area contributed by atoms with E-state index in [0.29, 0.717) is 17.8 Å². The summed E-state index contributed by atoms with van der Waals surface area (Å²) < 4.78 is 0. The van der Waals surface area contributed by atoms with Gasteiger partial charge in [-0.15, -0.1) is 0 Å². The highest BCUT2D eigenvalue weighted by atomic mass is 32.2. The average Bonchev–Trinajstić information content (AvgIpc) is 3.33. The SMILES string of the molecule is CSCCC1NC2(C(=O)Nc3ccccc32)C2C(=O)N(c3ccc(C)c(C)c3)C(=O)C12. The zero-order valence-corrected chi connectivity index (χ0v) is 18.6. The van der Waals surface area contributed by atoms with Gasteiger partial charge in [-0.3, -0.25) is 19.7 Å². The first-order valence-electron chi connectivity index (χ1n) is 10.5. The van der Waals surface area contributed by atoms with Gasteiger partial charge < -0.3 is 5.32 Å². The summed E-state index contributed by atoms with van der Waals surface area (Å²) in [6.07, 6.45) is 2.72. The van der Waals surface area contributed by atoms with Crippen LogP contribution in [0.2, 0.25) is 0 Å². The summed E-state index contributed by atoms with van der Waals surface area (Å²) in [5, 5.41) is 6.41. The molecule has 4 atom stereocenters. The number of amides is 3. The summed E-state index contributed by atoms with van der Waals surface area (Å²) in [6, 6.07) is 12.8. The van der Waals surface area contributed by atoms with Crippen LogP contribution < -0.4 is 15.5 Å². The summed E-state index contributed by atoms with van der Waals surface area (Å²) >= 11 is 1.69. The molecule has 0 saturated carbocycles. The van der Waals surface area contributed by atoms with Crippen LogP contribution >= 0.6 is 11.8 Å². The lowest BCUT2D eigenvalue weighted by Gasteiger charge is -2.29. The van der Waals surface area contributed by atoms with Gasteiger partial charge in [-0.05, 0) is 61.6 Å². The van der Waals surface area contributed by atoms with Crippen LogP contribution in [0.3, 0.4) is 0 Å². The van der Waals surface area contributed by atoms with Crippen molar-refractivity contribution in [2.75, 3.05) is 22.2 Å². The van der Waals surface area contributed by atoms with Gasteiger partial charge in [0, 0.05) is 17.3 Å². The standard InChI is InChI=1S/C24H25N3O3S/c1-13-8-9-15(12-14(13)2)27-21(28)19-18(10-11-31-3)26-24(20(19)22(27)29)16-6-4-5-7-17(16)25-23(24)30/h4-9,12,18-20,26H,10-11H2,1-3H3,(H,25,30). The van der Waals surface area contributed by atoms with Gasteiger partial charge >= 0.3 is 0 Å². The summed E-state index contributed by atoms with van der Waals surface area (Å²) in [4.78, 5) is 42.1. The molecule has 0 radical (unpaired) electrons. The minimum atomic E-state index is -1.22. The molecule has 2 saturated heterocycles. The van der Waals surface area contributed by atoms with Crippen LogP contribution in [-0.4, -0.2) is 35.8 Å². The molecule has 3 aliphatic heterocycles. The Morgan fingerprint density at radius 3 is 2.55 bits per heavy atom. The Bertz CT molecular complexity index is 1120. The maximum Gasteiger partial charge on any atom is 0.250 e. The lowest BCUT2D eigenvalue weighted by molar-refractivity contribution is -0.130. The van der Waals surface area contributed by atoms with Crippen LogP contribution in [0, 0.1) is 25.7 Å². The predicted molar refractivity (Wildman–Crippen MR) is 122 cm³/mol. The molecule has 6 nitrogen and oxygen atoms in total. The number of hydrogen-bond acceptors (Lipinski definition) is 5. The zero-order valence-electron chi connectivity index (χ0n) is 17.8. The van der Waals surface area contributed by atoms with E-state index in [1.165, 1.54) is 4.90 Å². The van der Waals surface area contributed by atoms with Gasteiger partial charge in [-0.1, -0.05) is 24.3 Å². The zero-order chi connectivity index (χ0) is 21.9. The smallest absolute Gasteiger partial charge is 0.250 e. The Hall–Kier alpha value is -2.64. The summed E-state index contributed by atoms with van der Waals surface area (Å²) in [7, 11) is 0. The van der Waals surface area contributed by atoms with Crippen LogP contribution in [0.15, 0.2) is 42.5 Å². The average molecular weight is 436 g/mol. The topological polar surface area (TPSA) is 78.5 Å². The summed E-state index contributed by atoms with van der Waals surface area (Å²) in [6.45, 7) is 3.97. The second-order valence-electron chi connectivity index (χ2n) is 8.62. The number of hydrogen-bond donors (Lipinski definition) is 2. The lowest BCUT2D eigenvalue weighted by atomic mass is 9.76. The molecule has 2 aromatic carbocycles. The molecule has 2 N–H and O–H groups in total. The molecule has 160 valence electrons. The first-order valence-corrected chi connectivity index (χ1v) is 11.9. The molecule has 3 heterocycles. The van der Waals surface area contributed by atoms with E-state index in [1.54, 1.807) is 11.8 Å². The van der Waals surface area contributed by atoms with Crippen molar-refractivity contribution in [2.24, 2.45) is 11.8 Å². The lowest BCUT2D eigenvalue weighted by Crippen LogP contribution is -2.53. The Kier molecular flexibility index (Phi) is 4.71. The van der Waals surface area contributed by atoms with E-state index in [4.69, 9.17) is 0 Å². The van der Waals surface area contributed by atoms with Crippen molar-refractivity contribution >= 4 is 40.9 Å². The Balaban J connectivity index is 1.65. The van der Waals surface area contributed by atoms with Gasteiger partial charge in [-0.25, -0.2) is 4.90 Å². The number of anilines is 2. The Morgan fingerprint density at radius 2 is 1.81 bits per heavy atom. The number of para-hydroxylation sites is 1. The van der Waals surface area contributed by atoms with Gasteiger partial charge in [0.25, 0.3) is 0 Å². The fourth-order valence-corrected chi connectivity index (χ4v) is 5.86. The molecule has 4 unspecified atom stereocenters. The van der Waals surface area contributed by atoms with E-state index in [0.717, 1.165) is 22.4 Å². The Morgan fingerprint density at radius 1 is 1.03 bits per heavy atom.